The van der Waals surface area contributed by atoms with E-state index in [1.807, 2.05) is 0 Å². The van der Waals surface area contributed by atoms with Gasteiger partial charge in [-0.2, -0.15) is 0 Å². The lowest BCUT2D eigenvalue weighted by Crippen LogP contribution is -2.30. The van der Waals surface area contributed by atoms with Gasteiger partial charge in [0.1, 0.15) is 12.1 Å². The molecule has 1 N–H and O–H groups in total. The fourth-order valence-corrected chi connectivity index (χ4v) is 0.977. The average molecular weight is 204 g/mol. The van der Waals surface area contributed by atoms with Gasteiger partial charge in [0.2, 0.25) is 0 Å². The fraction of sp³-hybridized carbons (Fsp3) is 0.143. The number of aromatic carboxylic acids is 1. The summed E-state index contributed by atoms with van der Waals surface area (Å²) in [4.78, 5) is 26.3. The van der Waals surface area contributed by atoms with Crippen LogP contribution in [0.3, 0.4) is 0 Å². The second-order valence-electron chi connectivity index (χ2n) is 2.15. The molecule has 13 heavy (non-hydrogen) atoms. The molecule has 0 unspecified atom stereocenters. The molecule has 1 aromatic rings. The number of hydrogen-bond donors (Lipinski definition) is 1. The summed E-state index contributed by atoms with van der Waals surface area (Å²) < 4.78 is 0.616. The monoisotopic (exact) mass is 203 g/mol. The number of carbonyl (C=O) groups is 1. The highest BCUT2D eigenvalue weighted by molar-refractivity contribution is 6.30. The van der Waals surface area contributed by atoms with E-state index in [4.69, 9.17) is 16.7 Å². The molecule has 1 rings (SSSR count). The van der Waals surface area contributed by atoms with Crippen LogP contribution in [-0.2, 0) is 0 Å². The first kappa shape index (κ1) is 9.60. The quantitative estimate of drug-likeness (QED) is 0.749. The predicted octanol–water partition coefficient (Wildman–Crippen LogP) is 0.258. The molecule has 0 aliphatic rings. The Morgan fingerprint density at radius 3 is 2.69 bits per heavy atom. The zero-order valence-electron chi connectivity index (χ0n) is 6.65. The SMILES string of the molecule is COn1c(C(=O)O)ccc(Cl)c1=O. The number of carboxylic acid groups (broad SMARTS) is 1. The minimum absolute atomic E-state index is 0.0909. The first-order valence-corrected chi connectivity index (χ1v) is 3.65. The highest BCUT2D eigenvalue weighted by atomic mass is 35.5. The number of rotatable bonds is 2. The lowest BCUT2D eigenvalue weighted by atomic mass is 10.3. The van der Waals surface area contributed by atoms with Crippen molar-refractivity contribution in [3.05, 3.63) is 33.2 Å². The molecular weight excluding hydrogens is 198 g/mol. The van der Waals surface area contributed by atoms with Crippen molar-refractivity contribution in [2.24, 2.45) is 0 Å². The fourth-order valence-electron chi connectivity index (χ4n) is 0.837. The van der Waals surface area contributed by atoms with Crippen LogP contribution in [0.2, 0.25) is 5.02 Å². The molecule has 1 aromatic heterocycles. The van der Waals surface area contributed by atoms with E-state index in [1.165, 1.54) is 19.2 Å². The van der Waals surface area contributed by atoms with Crippen molar-refractivity contribution in [3.8, 4) is 0 Å². The third-order valence-corrected chi connectivity index (χ3v) is 1.68. The summed E-state index contributed by atoms with van der Waals surface area (Å²) in [5.74, 6) is -1.25. The summed E-state index contributed by atoms with van der Waals surface area (Å²) in [5.41, 5.74) is -0.957. The summed E-state index contributed by atoms with van der Waals surface area (Å²) >= 11 is 5.46. The second-order valence-corrected chi connectivity index (χ2v) is 2.56. The standard InChI is InChI=1S/C7H6ClNO4/c1-13-9-5(7(11)12)3-2-4(8)6(9)10/h2-3H,1H3,(H,11,12). The van der Waals surface area contributed by atoms with Gasteiger partial charge in [0.15, 0.2) is 5.69 Å². The molecule has 5 nitrogen and oxygen atoms in total. The van der Waals surface area contributed by atoms with Gasteiger partial charge in [-0.3, -0.25) is 4.79 Å². The van der Waals surface area contributed by atoms with Crippen LogP contribution in [0.15, 0.2) is 16.9 Å². The van der Waals surface area contributed by atoms with Gasteiger partial charge in [-0.1, -0.05) is 11.6 Å². The van der Waals surface area contributed by atoms with Crippen LogP contribution in [0.25, 0.3) is 0 Å². The Kier molecular flexibility index (Phi) is 2.57. The number of hydrogen-bond acceptors (Lipinski definition) is 3. The summed E-state index contributed by atoms with van der Waals surface area (Å²) in [7, 11) is 1.18. The van der Waals surface area contributed by atoms with E-state index in [-0.39, 0.29) is 10.7 Å². The number of nitrogens with zero attached hydrogens (tertiary/aromatic N) is 1. The molecule has 0 bridgehead atoms. The van der Waals surface area contributed by atoms with Gasteiger partial charge in [0.25, 0.3) is 0 Å². The van der Waals surface area contributed by atoms with Crippen LogP contribution in [0.5, 0.6) is 0 Å². The lowest BCUT2D eigenvalue weighted by molar-refractivity contribution is 0.0628. The summed E-state index contributed by atoms with van der Waals surface area (Å²) in [5, 5.41) is 8.54. The molecule has 0 saturated carbocycles. The second kappa shape index (κ2) is 3.49. The van der Waals surface area contributed by atoms with E-state index < -0.39 is 11.5 Å². The number of halogens is 1. The van der Waals surface area contributed by atoms with Crippen molar-refractivity contribution in [1.29, 1.82) is 0 Å². The van der Waals surface area contributed by atoms with Crippen LogP contribution in [0, 0.1) is 0 Å². The highest BCUT2D eigenvalue weighted by Gasteiger charge is 2.13. The Labute approximate surface area is 78.1 Å². The summed E-state index contributed by atoms with van der Waals surface area (Å²) in [6, 6.07) is 2.40. The van der Waals surface area contributed by atoms with Gasteiger partial charge in [-0.05, 0) is 12.1 Å². The maximum atomic E-state index is 11.2. The Hall–Kier alpha value is -1.49. The molecule has 6 heteroatoms. The first-order chi connectivity index (χ1) is 6.07. The smallest absolute Gasteiger partial charge is 0.356 e. The Morgan fingerprint density at radius 2 is 2.23 bits per heavy atom. The van der Waals surface area contributed by atoms with Crippen molar-refractivity contribution in [2.45, 2.75) is 0 Å². The number of carboxylic acids is 1. The maximum absolute atomic E-state index is 11.2. The van der Waals surface area contributed by atoms with Crippen LogP contribution in [-0.4, -0.2) is 22.9 Å². The van der Waals surface area contributed by atoms with E-state index in [1.54, 1.807) is 0 Å². The van der Waals surface area contributed by atoms with Crippen molar-refractivity contribution in [1.82, 2.24) is 4.73 Å². The molecule has 0 aliphatic carbocycles. The molecule has 70 valence electrons. The van der Waals surface area contributed by atoms with E-state index in [0.29, 0.717) is 4.73 Å². The lowest BCUT2D eigenvalue weighted by Gasteiger charge is -2.06. The van der Waals surface area contributed by atoms with Gasteiger partial charge < -0.3 is 9.94 Å². The van der Waals surface area contributed by atoms with E-state index in [9.17, 15) is 9.59 Å². The molecular formula is C7H6ClNO4. The molecule has 0 fully saturated rings. The first-order valence-electron chi connectivity index (χ1n) is 3.27. The van der Waals surface area contributed by atoms with Crippen molar-refractivity contribution >= 4 is 17.6 Å². The average Bonchev–Trinajstić information content (AvgIpc) is 2.09. The third-order valence-electron chi connectivity index (χ3n) is 1.40. The molecule has 0 saturated heterocycles. The Morgan fingerprint density at radius 1 is 1.62 bits per heavy atom. The summed E-state index contributed by atoms with van der Waals surface area (Å²) in [6.45, 7) is 0. The zero-order chi connectivity index (χ0) is 10.0. The third kappa shape index (κ3) is 1.65. The predicted molar refractivity (Wildman–Crippen MR) is 45.2 cm³/mol. The van der Waals surface area contributed by atoms with E-state index >= 15 is 0 Å². The number of pyridine rings is 1. The molecule has 0 spiro atoms. The van der Waals surface area contributed by atoms with Crippen molar-refractivity contribution in [2.75, 3.05) is 7.11 Å². The molecule has 0 amide bonds. The van der Waals surface area contributed by atoms with Crippen molar-refractivity contribution in [3.63, 3.8) is 0 Å². The van der Waals surface area contributed by atoms with Crippen LogP contribution < -0.4 is 10.4 Å². The van der Waals surface area contributed by atoms with Crippen LogP contribution in [0.4, 0.5) is 0 Å². The molecule has 0 radical (unpaired) electrons. The van der Waals surface area contributed by atoms with Crippen LogP contribution in [0.1, 0.15) is 10.5 Å². The minimum atomic E-state index is -1.25. The van der Waals surface area contributed by atoms with Crippen LogP contribution >= 0.6 is 11.6 Å². The Balaban J connectivity index is 3.48. The van der Waals surface area contributed by atoms with Gasteiger partial charge >= 0.3 is 11.5 Å². The molecule has 0 aromatic carbocycles. The van der Waals surface area contributed by atoms with Gasteiger partial charge in [0, 0.05) is 0 Å². The minimum Gasteiger partial charge on any atom is -0.476 e. The van der Waals surface area contributed by atoms with Gasteiger partial charge in [0.05, 0.1) is 0 Å². The van der Waals surface area contributed by atoms with Gasteiger partial charge in [-0.15, -0.1) is 4.73 Å². The van der Waals surface area contributed by atoms with Crippen molar-refractivity contribution < 1.29 is 14.7 Å². The molecule has 0 aliphatic heterocycles. The van der Waals surface area contributed by atoms with E-state index in [0.717, 1.165) is 0 Å². The Bertz CT molecular complexity index is 398. The normalized spacial score (nSPS) is 9.69. The molecule has 0 atom stereocenters. The van der Waals surface area contributed by atoms with Gasteiger partial charge in [-0.25, -0.2) is 4.79 Å². The van der Waals surface area contributed by atoms with E-state index in [2.05, 4.69) is 4.84 Å². The topological polar surface area (TPSA) is 68.5 Å². The maximum Gasteiger partial charge on any atom is 0.356 e. The zero-order valence-corrected chi connectivity index (χ0v) is 7.41. The molecule has 1 heterocycles. The largest absolute Gasteiger partial charge is 0.476 e. The highest BCUT2D eigenvalue weighted by Crippen LogP contribution is 2.03. The summed E-state index contributed by atoms with van der Waals surface area (Å²) in [6.07, 6.45) is 0. The number of aromatic nitrogens is 1.